The van der Waals surface area contributed by atoms with Crippen molar-refractivity contribution >= 4 is 21.9 Å². The molecule has 0 aliphatic carbocycles. The zero-order valence-corrected chi connectivity index (χ0v) is 19.8. The van der Waals surface area contributed by atoms with E-state index in [0.29, 0.717) is 32.2 Å². The number of sulfonamides is 1. The molecule has 8 nitrogen and oxygen atoms in total. The van der Waals surface area contributed by atoms with Gasteiger partial charge >= 0.3 is 5.97 Å². The van der Waals surface area contributed by atoms with E-state index in [4.69, 9.17) is 9.47 Å². The van der Waals surface area contributed by atoms with Crippen molar-refractivity contribution in [3.8, 4) is 5.75 Å². The Bertz CT molecular complexity index is 1050. The molecule has 9 heteroatoms. The van der Waals surface area contributed by atoms with Gasteiger partial charge in [-0.2, -0.15) is 4.31 Å². The van der Waals surface area contributed by atoms with Gasteiger partial charge in [0.25, 0.3) is 5.91 Å². The number of aryl methyl sites for hydroxylation is 1. The Labute approximate surface area is 194 Å². The number of esters is 1. The van der Waals surface area contributed by atoms with Crippen molar-refractivity contribution in [1.29, 1.82) is 0 Å². The molecular weight excluding hydrogens is 444 g/mol. The molecule has 0 saturated carbocycles. The van der Waals surface area contributed by atoms with Crippen LogP contribution in [0.3, 0.4) is 0 Å². The van der Waals surface area contributed by atoms with Crippen molar-refractivity contribution < 1.29 is 27.5 Å². The molecule has 0 radical (unpaired) electrons. The summed E-state index contributed by atoms with van der Waals surface area (Å²) in [5.41, 5.74) is 1.98. The third-order valence-electron chi connectivity index (χ3n) is 5.59. The number of amides is 1. The molecular formula is C24H30N2O6S. The Balaban J connectivity index is 1.52. The van der Waals surface area contributed by atoms with Gasteiger partial charge in [0, 0.05) is 13.1 Å². The fraction of sp³-hybridized carbons (Fsp3) is 0.417. The van der Waals surface area contributed by atoms with Crippen molar-refractivity contribution in [2.45, 2.75) is 43.5 Å². The van der Waals surface area contributed by atoms with E-state index in [1.54, 1.807) is 19.2 Å². The quantitative estimate of drug-likeness (QED) is 0.560. The zero-order chi connectivity index (χ0) is 23.8. The van der Waals surface area contributed by atoms with Gasteiger partial charge in [-0.05, 0) is 62.4 Å². The predicted octanol–water partition coefficient (Wildman–Crippen LogP) is 2.45. The Hall–Kier alpha value is -2.91. The molecule has 1 N–H and O–H groups in total. The Kier molecular flexibility index (Phi) is 8.46. The van der Waals surface area contributed by atoms with Crippen LogP contribution in [0.1, 0.15) is 30.4 Å². The summed E-state index contributed by atoms with van der Waals surface area (Å²) in [6, 6.07) is 13.1. The van der Waals surface area contributed by atoms with Crippen LogP contribution in [-0.2, 0) is 30.8 Å². The van der Waals surface area contributed by atoms with Crippen LogP contribution >= 0.6 is 0 Å². The molecule has 1 amide bonds. The number of hydrogen-bond donors (Lipinski definition) is 1. The van der Waals surface area contributed by atoms with Gasteiger partial charge in [0.2, 0.25) is 10.0 Å². The third-order valence-corrected chi connectivity index (χ3v) is 7.52. The lowest BCUT2D eigenvalue weighted by atomic mass is 10.1. The number of nitrogens with zero attached hydrogens (tertiary/aromatic N) is 1. The van der Waals surface area contributed by atoms with Crippen molar-refractivity contribution in [3.63, 3.8) is 0 Å². The molecule has 1 fully saturated rings. The van der Waals surface area contributed by atoms with Crippen molar-refractivity contribution in [2.75, 3.05) is 26.8 Å². The van der Waals surface area contributed by atoms with E-state index in [2.05, 4.69) is 5.32 Å². The largest absolute Gasteiger partial charge is 0.497 e. The fourth-order valence-electron chi connectivity index (χ4n) is 3.70. The molecule has 178 valence electrons. The summed E-state index contributed by atoms with van der Waals surface area (Å²) in [7, 11) is -2.24. The molecule has 0 bridgehead atoms. The van der Waals surface area contributed by atoms with Crippen molar-refractivity contribution in [1.82, 2.24) is 9.62 Å². The first-order valence-electron chi connectivity index (χ1n) is 11.0. The maximum atomic E-state index is 13.1. The second-order valence-electron chi connectivity index (χ2n) is 8.00. The minimum absolute atomic E-state index is 0.143. The zero-order valence-electron chi connectivity index (χ0n) is 19.0. The van der Waals surface area contributed by atoms with E-state index in [1.807, 2.05) is 31.2 Å². The molecule has 33 heavy (non-hydrogen) atoms. The van der Waals surface area contributed by atoms with Crippen LogP contribution in [0, 0.1) is 6.92 Å². The molecule has 0 aromatic heterocycles. The van der Waals surface area contributed by atoms with Crippen LogP contribution < -0.4 is 10.1 Å². The van der Waals surface area contributed by atoms with E-state index in [-0.39, 0.29) is 11.4 Å². The van der Waals surface area contributed by atoms with E-state index >= 15 is 0 Å². The highest BCUT2D eigenvalue weighted by molar-refractivity contribution is 7.89. The summed E-state index contributed by atoms with van der Waals surface area (Å²) in [6.07, 6.45) is 2.37. The first-order valence-corrected chi connectivity index (χ1v) is 12.4. The van der Waals surface area contributed by atoms with E-state index < -0.39 is 34.5 Å². The second kappa shape index (κ2) is 11.3. The number of benzene rings is 2. The Morgan fingerprint density at radius 1 is 1.06 bits per heavy atom. The minimum Gasteiger partial charge on any atom is -0.497 e. The number of piperidine rings is 1. The highest BCUT2D eigenvalue weighted by Gasteiger charge is 2.38. The molecule has 1 unspecified atom stereocenters. The molecule has 2 aromatic rings. The van der Waals surface area contributed by atoms with Crippen molar-refractivity contribution in [3.05, 3.63) is 59.7 Å². The summed E-state index contributed by atoms with van der Waals surface area (Å²) in [6.45, 7) is 2.06. The SMILES string of the molecule is COc1ccc(CCNC(=O)COC(=O)C2CCCCN2S(=O)(=O)c2ccc(C)cc2)cc1. The van der Waals surface area contributed by atoms with Crippen LogP contribution in [0.2, 0.25) is 0 Å². The molecule has 1 aliphatic rings. The standard InChI is InChI=1S/C24H30N2O6S/c1-18-6-12-21(13-7-18)33(29,30)26-16-4-3-5-22(26)24(28)32-17-23(27)25-15-14-19-8-10-20(31-2)11-9-19/h6-13,22H,3-5,14-17H2,1-2H3,(H,25,27). The lowest BCUT2D eigenvalue weighted by molar-refractivity contribution is -0.153. The average molecular weight is 475 g/mol. The molecule has 1 aliphatic heterocycles. The van der Waals surface area contributed by atoms with Gasteiger partial charge in [-0.1, -0.05) is 29.8 Å². The summed E-state index contributed by atoms with van der Waals surface area (Å²) in [5, 5.41) is 2.71. The number of nitrogens with one attached hydrogen (secondary N) is 1. The van der Waals surface area contributed by atoms with Crippen LogP contribution in [0.15, 0.2) is 53.4 Å². The van der Waals surface area contributed by atoms with Crippen LogP contribution in [0.25, 0.3) is 0 Å². The fourth-order valence-corrected chi connectivity index (χ4v) is 5.34. The monoisotopic (exact) mass is 474 g/mol. The summed E-state index contributed by atoms with van der Waals surface area (Å²) >= 11 is 0. The smallest absolute Gasteiger partial charge is 0.324 e. The summed E-state index contributed by atoms with van der Waals surface area (Å²) in [5.74, 6) is -0.368. The number of hydrogen-bond acceptors (Lipinski definition) is 6. The molecule has 1 atom stereocenters. The van der Waals surface area contributed by atoms with Gasteiger partial charge < -0.3 is 14.8 Å². The van der Waals surface area contributed by atoms with Gasteiger partial charge in [-0.25, -0.2) is 8.42 Å². The predicted molar refractivity (Wildman–Crippen MR) is 123 cm³/mol. The van der Waals surface area contributed by atoms with Gasteiger partial charge in [-0.15, -0.1) is 0 Å². The highest BCUT2D eigenvalue weighted by atomic mass is 32.2. The number of carbonyl (C=O) groups excluding carboxylic acids is 2. The van der Waals surface area contributed by atoms with E-state index in [9.17, 15) is 18.0 Å². The number of carbonyl (C=O) groups is 2. The second-order valence-corrected chi connectivity index (χ2v) is 9.89. The molecule has 1 saturated heterocycles. The molecule has 2 aromatic carbocycles. The Morgan fingerprint density at radius 3 is 2.42 bits per heavy atom. The van der Waals surface area contributed by atoms with Crippen molar-refractivity contribution in [2.24, 2.45) is 0 Å². The average Bonchev–Trinajstić information content (AvgIpc) is 2.83. The molecule has 0 spiro atoms. The number of ether oxygens (including phenoxy) is 2. The normalized spacial score (nSPS) is 16.7. The molecule has 3 rings (SSSR count). The maximum absolute atomic E-state index is 13.1. The topological polar surface area (TPSA) is 102 Å². The lowest BCUT2D eigenvalue weighted by Crippen LogP contribution is -2.49. The Morgan fingerprint density at radius 2 is 1.76 bits per heavy atom. The van der Waals surface area contributed by atoms with Gasteiger partial charge in [0.15, 0.2) is 6.61 Å². The summed E-state index contributed by atoms with van der Waals surface area (Å²) < 4.78 is 37.7. The number of rotatable bonds is 9. The van der Waals surface area contributed by atoms with Gasteiger partial charge in [0.1, 0.15) is 11.8 Å². The maximum Gasteiger partial charge on any atom is 0.324 e. The minimum atomic E-state index is -3.84. The van der Waals surface area contributed by atoms with E-state index in [0.717, 1.165) is 16.9 Å². The third kappa shape index (κ3) is 6.55. The lowest BCUT2D eigenvalue weighted by Gasteiger charge is -2.33. The summed E-state index contributed by atoms with van der Waals surface area (Å²) in [4.78, 5) is 24.9. The molecule has 1 heterocycles. The van der Waals surface area contributed by atoms with Crippen LogP contribution in [0.4, 0.5) is 0 Å². The highest BCUT2D eigenvalue weighted by Crippen LogP contribution is 2.26. The van der Waals surface area contributed by atoms with Crippen LogP contribution in [0.5, 0.6) is 5.75 Å². The van der Waals surface area contributed by atoms with Gasteiger partial charge in [0.05, 0.1) is 12.0 Å². The van der Waals surface area contributed by atoms with E-state index in [1.165, 1.54) is 16.4 Å². The first-order chi connectivity index (χ1) is 15.8. The van der Waals surface area contributed by atoms with Crippen LogP contribution in [-0.4, -0.2) is 57.4 Å². The first kappa shape index (κ1) is 24.7. The number of methoxy groups -OCH3 is 1. The van der Waals surface area contributed by atoms with Gasteiger partial charge in [-0.3, -0.25) is 9.59 Å².